The third kappa shape index (κ3) is 3.34. The van der Waals surface area contributed by atoms with Crippen LogP contribution in [-0.2, 0) is 0 Å². The first-order chi connectivity index (χ1) is 13.2. The molecule has 3 aromatic rings. The number of fused-ring (bicyclic) bond motifs is 1. The second kappa shape index (κ2) is 7.08. The summed E-state index contributed by atoms with van der Waals surface area (Å²) >= 11 is 0. The molecule has 1 aliphatic rings. The molecule has 0 unspecified atom stereocenters. The second-order valence-electron chi connectivity index (χ2n) is 6.75. The Hall–Kier alpha value is -3.40. The van der Waals surface area contributed by atoms with E-state index in [4.69, 9.17) is 4.98 Å². The Morgan fingerprint density at radius 3 is 2.48 bits per heavy atom. The van der Waals surface area contributed by atoms with Gasteiger partial charge in [0.2, 0.25) is 5.95 Å². The van der Waals surface area contributed by atoms with E-state index in [1.165, 1.54) is 0 Å². The maximum Gasteiger partial charge on any atom is 0.226 e. The van der Waals surface area contributed by atoms with Crippen LogP contribution in [0.1, 0.15) is 5.56 Å². The van der Waals surface area contributed by atoms with Crippen LogP contribution in [0.3, 0.4) is 0 Å². The number of hydrogen-bond donors (Lipinski definition) is 0. The highest BCUT2D eigenvalue weighted by Crippen LogP contribution is 2.25. The standard InChI is InChI=1S/C20H21N7/c1-25(2)20-22-8-7-18(24-20)26-9-11-27(12-10-26)19-16(14-21)13-15-5-3-4-6-17(15)23-19/h3-8,13H,9-12H2,1-2H3. The zero-order valence-electron chi connectivity index (χ0n) is 15.5. The van der Waals surface area contributed by atoms with Crippen molar-refractivity contribution < 1.29 is 0 Å². The molecular weight excluding hydrogens is 338 g/mol. The molecule has 2 aromatic heterocycles. The van der Waals surface area contributed by atoms with Gasteiger partial charge in [-0.2, -0.15) is 10.2 Å². The summed E-state index contributed by atoms with van der Waals surface area (Å²) in [4.78, 5) is 20.0. The fourth-order valence-electron chi connectivity index (χ4n) is 3.31. The summed E-state index contributed by atoms with van der Waals surface area (Å²) in [6, 6.07) is 14.1. The van der Waals surface area contributed by atoms with Gasteiger partial charge in [0.1, 0.15) is 17.7 Å². The molecular formula is C20H21N7. The van der Waals surface area contributed by atoms with Crippen molar-refractivity contribution in [3.05, 3.63) is 48.2 Å². The summed E-state index contributed by atoms with van der Waals surface area (Å²) in [7, 11) is 3.87. The summed E-state index contributed by atoms with van der Waals surface area (Å²) in [6.07, 6.45) is 1.79. The fourth-order valence-corrected chi connectivity index (χ4v) is 3.31. The van der Waals surface area contributed by atoms with Crippen molar-refractivity contribution in [3.63, 3.8) is 0 Å². The molecule has 7 heteroatoms. The largest absolute Gasteiger partial charge is 0.353 e. The van der Waals surface area contributed by atoms with Crippen LogP contribution in [0.15, 0.2) is 42.6 Å². The summed E-state index contributed by atoms with van der Waals surface area (Å²) < 4.78 is 0. The van der Waals surface area contributed by atoms with Crippen LogP contribution < -0.4 is 14.7 Å². The van der Waals surface area contributed by atoms with E-state index in [1.807, 2.05) is 55.4 Å². The van der Waals surface area contributed by atoms with Gasteiger partial charge >= 0.3 is 0 Å². The number of piperazine rings is 1. The molecule has 7 nitrogen and oxygen atoms in total. The van der Waals surface area contributed by atoms with Crippen molar-refractivity contribution in [2.24, 2.45) is 0 Å². The number of nitrogens with zero attached hydrogens (tertiary/aromatic N) is 7. The number of anilines is 3. The van der Waals surface area contributed by atoms with E-state index in [2.05, 4.69) is 25.8 Å². The number of rotatable bonds is 3. The second-order valence-corrected chi connectivity index (χ2v) is 6.75. The van der Waals surface area contributed by atoms with Crippen LogP contribution in [0.2, 0.25) is 0 Å². The van der Waals surface area contributed by atoms with Gasteiger partial charge in [-0.05, 0) is 18.2 Å². The SMILES string of the molecule is CN(C)c1nccc(N2CCN(c3nc4ccccc4cc3C#N)CC2)n1. The Bertz CT molecular complexity index is 1000. The quantitative estimate of drug-likeness (QED) is 0.710. The Balaban J connectivity index is 1.55. The minimum Gasteiger partial charge on any atom is -0.353 e. The first kappa shape index (κ1) is 17.0. The number of para-hydroxylation sites is 1. The Labute approximate surface area is 158 Å². The zero-order valence-corrected chi connectivity index (χ0v) is 15.5. The number of nitriles is 1. The lowest BCUT2D eigenvalue weighted by atomic mass is 10.1. The van der Waals surface area contributed by atoms with Gasteiger partial charge in [0, 0.05) is 51.9 Å². The van der Waals surface area contributed by atoms with Crippen LogP contribution >= 0.6 is 0 Å². The molecule has 0 bridgehead atoms. The number of pyridine rings is 1. The molecule has 0 atom stereocenters. The lowest BCUT2D eigenvalue weighted by Gasteiger charge is -2.36. The van der Waals surface area contributed by atoms with E-state index in [1.54, 1.807) is 6.20 Å². The number of aromatic nitrogens is 3. The van der Waals surface area contributed by atoms with Crippen molar-refractivity contribution in [2.75, 3.05) is 55.0 Å². The first-order valence-corrected chi connectivity index (χ1v) is 8.96. The summed E-state index contributed by atoms with van der Waals surface area (Å²) in [5.74, 6) is 2.41. The van der Waals surface area contributed by atoms with Crippen LogP contribution in [0, 0.1) is 11.3 Å². The first-order valence-electron chi connectivity index (χ1n) is 8.96. The molecule has 136 valence electrons. The molecule has 1 aromatic carbocycles. The topological polar surface area (TPSA) is 72.2 Å². The predicted octanol–water partition coefficient (Wildman–Crippen LogP) is 2.29. The Morgan fingerprint density at radius 1 is 1.00 bits per heavy atom. The molecule has 4 rings (SSSR count). The molecule has 1 saturated heterocycles. The molecule has 1 fully saturated rings. The van der Waals surface area contributed by atoms with Gasteiger partial charge in [-0.25, -0.2) is 9.97 Å². The van der Waals surface area contributed by atoms with E-state index < -0.39 is 0 Å². The van der Waals surface area contributed by atoms with Crippen LogP contribution in [0.5, 0.6) is 0 Å². The molecule has 0 spiro atoms. The summed E-state index contributed by atoms with van der Waals surface area (Å²) in [5.41, 5.74) is 1.54. The highest BCUT2D eigenvalue weighted by atomic mass is 15.3. The van der Waals surface area contributed by atoms with Gasteiger partial charge < -0.3 is 14.7 Å². The maximum absolute atomic E-state index is 9.57. The van der Waals surface area contributed by atoms with Crippen molar-refractivity contribution >= 4 is 28.5 Å². The van der Waals surface area contributed by atoms with Crippen LogP contribution in [0.4, 0.5) is 17.6 Å². The van der Waals surface area contributed by atoms with Gasteiger partial charge in [-0.3, -0.25) is 0 Å². The van der Waals surface area contributed by atoms with E-state index in [-0.39, 0.29) is 0 Å². The van der Waals surface area contributed by atoms with Crippen LogP contribution in [-0.4, -0.2) is 55.2 Å². The van der Waals surface area contributed by atoms with Crippen molar-refractivity contribution in [1.82, 2.24) is 15.0 Å². The molecule has 0 aliphatic carbocycles. The van der Waals surface area contributed by atoms with E-state index in [0.29, 0.717) is 11.5 Å². The third-order valence-electron chi connectivity index (χ3n) is 4.76. The monoisotopic (exact) mass is 359 g/mol. The molecule has 0 saturated carbocycles. The fraction of sp³-hybridized carbons (Fsp3) is 0.300. The predicted molar refractivity (Wildman–Crippen MR) is 107 cm³/mol. The van der Waals surface area contributed by atoms with E-state index in [0.717, 1.165) is 48.7 Å². The maximum atomic E-state index is 9.57. The highest BCUT2D eigenvalue weighted by Gasteiger charge is 2.22. The zero-order chi connectivity index (χ0) is 18.8. The average Bonchev–Trinajstić information content (AvgIpc) is 2.73. The van der Waals surface area contributed by atoms with Crippen molar-refractivity contribution in [3.8, 4) is 6.07 Å². The summed E-state index contributed by atoms with van der Waals surface area (Å²) in [6.45, 7) is 3.23. The third-order valence-corrected chi connectivity index (χ3v) is 4.76. The van der Waals surface area contributed by atoms with Crippen LogP contribution in [0.25, 0.3) is 10.9 Å². The molecule has 0 N–H and O–H groups in total. The highest BCUT2D eigenvalue weighted by molar-refractivity contribution is 5.83. The van der Waals surface area contributed by atoms with Gasteiger partial charge in [0.15, 0.2) is 0 Å². The number of hydrogen-bond acceptors (Lipinski definition) is 7. The lowest BCUT2D eigenvalue weighted by Crippen LogP contribution is -2.47. The number of benzene rings is 1. The average molecular weight is 359 g/mol. The molecule has 1 aliphatic heterocycles. The molecule has 0 amide bonds. The minimum atomic E-state index is 0.624. The van der Waals surface area contributed by atoms with E-state index >= 15 is 0 Å². The normalized spacial score (nSPS) is 14.3. The lowest BCUT2D eigenvalue weighted by molar-refractivity contribution is 0.641. The van der Waals surface area contributed by atoms with Gasteiger partial charge in [-0.1, -0.05) is 18.2 Å². The molecule has 3 heterocycles. The van der Waals surface area contributed by atoms with Gasteiger partial charge in [-0.15, -0.1) is 0 Å². The van der Waals surface area contributed by atoms with Gasteiger partial charge in [0.05, 0.1) is 11.1 Å². The Morgan fingerprint density at radius 2 is 1.74 bits per heavy atom. The minimum absolute atomic E-state index is 0.624. The van der Waals surface area contributed by atoms with E-state index in [9.17, 15) is 5.26 Å². The molecule has 27 heavy (non-hydrogen) atoms. The molecule has 0 radical (unpaired) electrons. The van der Waals surface area contributed by atoms with Crippen molar-refractivity contribution in [1.29, 1.82) is 5.26 Å². The van der Waals surface area contributed by atoms with Gasteiger partial charge in [0.25, 0.3) is 0 Å². The van der Waals surface area contributed by atoms with Crippen molar-refractivity contribution in [2.45, 2.75) is 0 Å². The Kier molecular flexibility index (Phi) is 4.47. The smallest absolute Gasteiger partial charge is 0.226 e. The summed E-state index contributed by atoms with van der Waals surface area (Å²) in [5, 5.41) is 10.6.